The van der Waals surface area contributed by atoms with E-state index >= 15 is 0 Å². The molecular weight excluding hydrogens is 374 g/mol. The Labute approximate surface area is 162 Å². The molecule has 27 heavy (non-hydrogen) atoms. The maximum absolute atomic E-state index is 11.0. The zero-order chi connectivity index (χ0) is 20.3. The van der Waals surface area contributed by atoms with E-state index in [0.29, 0.717) is 55.4 Å². The number of methoxy groups -OCH3 is 4. The monoisotopic (exact) mass is 405 g/mol. The van der Waals surface area contributed by atoms with Crippen LogP contribution in [-0.2, 0) is 26.1 Å². The molecule has 1 rings (SSSR count). The zero-order valence-electron chi connectivity index (χ0n) is 16.6. The van der Waals surface area contributed by atoms with E-state index in [1.165, 1.54) is 0 Å². The van der Waals surface area contributed by atoms with E-state index in [9.17, 15) is 13.0 Å². The van der Waals surface area contributed by atoms with Crippen molar-refractivity contribution in [1.29, 1.82) is 0 Å². The van der Waals surface area contributed by atoms with Crippen LogP contribution in [0.2, 0.25) is 0 Å². The predicted octanol–water partition coefficient (Wildman–Crippen LogP) is 1.25. The van der Waals surface area contributed by atoms with E-state index in [0.717, 1.165) is 5.56 Å². The highest BCUT2D eigenvalue weighted by atomic mass is 32.2. The number of benzene rings is 1. The summed E-state index contributed by atoms with van der Waals surface area (Å²) in [6.07, 6.45) is 0.269. The summed E-state index contributed by atoms with van der Waals surface area (Å²) in [5.41, 5.74) is 0.939. The SMILES string of the molecule is COCC[N+](CCCS(=O)(=O)[O-])(CCOC)Cc1cccc(OC)c1OC. The van der Waals surface area contributed by atoms with Gasteiger partial charge in [-0.3, -0.25) is 0 Å². The summed E-state index contributed by atoms with van der Waals surface area (Å²) in [4.78, 5) is 0. The summed E-state index contributed by atoms with van der Waals surface area (Å²) in [6.45, 7) is 3.39. The van der Waals surface area contributed by atoms with Crippen molar-refractivity contribution in [2.24, 2.45) is 0 Å². The third-order valence-corrected chi connectivity index (χ3v) is 5.35. The first kappa shape index (κ1) is 23.6. The van der Waals surface area contributed by atoms with E-state index in [1.54, 1.807) is 28.4 Å². The van der Waals surface area contributed by atoms with Gasteiger partial charge in [-0.25, -0.2) is 8.42 Å². The van der Waals surface area contributed by atoms with Crippen molar-refractivity contribution < 1.29 is 36.4 Å². The third-order valence-electron chi connectivity index (χ3n) is 4.56. The van der Waals surface area contributed by atoms with Crippen LogP contribution in [0.1, 0.15) is 12.0 Å². The lowest BCUT2D eigenvalue weighted by atomic mass is 10.1. The summed E-state index contributed by atoms with van der Waals surface area (Å²) in [7, 11) is 2.17. The smallest absolute Gasteiger partial charge is 0.169 e. The Morgan fingerprint density at radius 3 is 2.07 bits per heavy atom. The Balaban J connectivity index is 3.17. The van der Waals surface area contributed by atoms with Gasteiger partial charge in [-0.05, 0) is 12.1 Å². The van der Waals surface area contributed by atoms with Crippen molar-refractivity contribution in [2.45, 2.75) is 13.0 Å². The largest absolute Gasteiger partial charge is 0.748 e. The lowest BCUT2D eigenvalue weighted by Gasteiger charge is -2.39. The summed E-state index contributed by atoms with van der Waals surface area (Å²) in [6, 6.07) is 5.67. The van der Waals surface area contributed by atoms with Crippen LogP contribution in [-0.4, -0.2) is 84.5 Å². The van der Waals surface area contributed by atoms with E-state index in [4.69, 9.17) is 18.9 Å². The number of rotatable bonds is 14. The molecule has 0 radical (unpaired) electrons. The summed E-state index contributed by atoms with van der Waals surface area (Å²) < 4.78 is 55.1. The second-order valence-corrected chi connectivity index (χ2v) is 7.95. The highest BCUT2D eigenvalue weighted by molar-refractivity contribution is 7.85. The van der Waals surface area contributed by atoms with Crippen LogP contribution in [0.25, 0.3) is 0 Å². The normalized spacial score (nSPS) is 12.2. The standard InChI is InChI=1S/C18H31NO7S/c1-23-12-10-19(11-13-24-2,9-6-14-27(20,21)22)15-16-7-5-8-17(25-3)18(16)26-4/h5,7-8H,6,9-15H2,1-4H3. The minimum Gasteiger partial charge on any atom is -0.748 e. The molecule has 0 bridgehead atoms. The average Bonchev–Trinajstić information content (AvgIpc) is 2.63. The number of para-hydroxylation sites is 1. The Hall–Kier alpha value is -1.39. The molecule has 0 saturated carbocycles. The Bertz CT molecular complexity index is 656. The topological polar surface area (TPSA) is 94.1 Å². The van der Waals surface area contributed by atoms with Gasteiger partial charge in [0.25, 0.3) is 0 Å². The molecule has 8 nitrogen and oxygen atoms in total. The molecular formula is C18H31NO7S. The molecule has 156 valence electrons. The van der Waals surface area contributed by atoms with E-state index in [2.05, 4.69) is 0 Å². The highest BCUT2D eigenvalue weighted by Crippen LogP contribution is 2.33. The molecule has 0 aliphatic carbocycles. The van der Waals surface area contributed by atoms with Crippen molar-refractivity contribution in [3.05, 3.63) is 23.8 Å². The highest BCUT2D eigenvalue weighted by Gasteiger charge is 2.29. The molecule has 0 saturated heterocycles. The van der Waals surface area contributed by atoms with Crippen molar-refractivity contribution in [3.8, 4) is 11.5 Å². The third kappa shape index (κ3) is 8.02. The number of hydrogen-bond donors (Lipinski definition) is 0. The van der Waals surface area contributed by atoms with E-state index in [-0.39, 0.29) is 12.2 Å². The fraction of sp³-hybridized carbons (Fsp3) is 0.667. The Morgan fingerprint density at radius 2 is 1.59 bits per heavy atom. The van der Waals surface area contributed by atoms with Gasteiger partial charge in [-0.2, -0.15) is 0 Å². The second kappa shape index (κ2) is 11.5. The summed E-state index contributed by atoms with van der Waals surface area (Å²) >= 11 is 0. The molecule has 0 aliphatic rings. The molecule has 0 atom stereocenters. The van der Waals surface area contributed by atoms with Gasteiger partial charge in [-0.15, -0.1) is 0 Å². The van der Waals surface area contributed by atoms with Gasteiger partial charge in [0, 0.05) is 26.4 Å². The lowest BCUT2D eigenvalue weighted by Crippen LogP contribution is -2.52. The first-order valence-electron chi connectivity index (χ1n) is 8.77. The molecule has 0 spiro atoms. The maximum atomic E-state index is 11.0. The van der Waals surface area contributed by atoms with Gasteiger partial charge in [0.2, 0.25) is 0 Å². The maximum Gasteiger partial charge on any atom is 0.169 e. The quantitative estimate of drug-likeness (QED) is 0.340. The first-order valence-corrected chi connectivity index (χ1v) is 10.3. The molecule has 9 heteroatoms. The molecule has 0 aliphatic heterocycles. The molecule has 0 N–H and O–H groups in total. The number of hydrogen-bond acceptors (Lipinski definition) is 7. The van der Waals surface area contributed by atoms with Crippen LogP contribution in [0.5, 0.6) is 11.5 Å². The molecule has 0 aromatic heterocycles. The summed E-state index contributed by atoms with van der Waals surface area (Å²) in [5.74, 6) is 0.893. The van der Waals surface area contributed by atoms with Gasteiger partial charge in [0.15, 0.2) is 11.5 Å². The van der Waals surface area contributed by atoms with Crippen molar-refractivity contribution >= 4 is 10.1 Å². The van der Waals surface area contributed by atoms with Crippen LogP contribution in [0, 0.1) is 0 Å². The fourth-order valence-corrected chi connectivity index (χ4v) is 3.64. The lowest BCUT2D eigenvalue weighted by molar-refractivity contribution is -0.941. The van der Waals surface area contributed by atoms with Crippen LogP contribution >= 0.6 is 0 Å². The van der Waals surface area contributed by atoms with Crippen molar-refractivity contribution in [2.75, 3.05) is 67.0 Å². The van der Waals surface area contributed by atoms with Gasteiger partial charge in [0.1, 0.15) is 19.6 Å². The zero-order valence-corrected chi connectivity index (χ0v) is 17.4. The second-order valence-electron chi connectivity index (χ2n) is 6.42. The number of quaternary nitrogens is 1. The molecule has 1 aromatic rings. The Kier molecular flexibility index (Phi) is 10.0. The minimum atomic E-state index is -4.25. The van der Waals surface area contributed by atoms with Gasteiger partial charge >= 0.3 is 0 Å². The predicted molar refractivity (Wildman–Crippen MR) is 101 cm³/mol. The molecule has 0 heterocycles. The number of ether oxygens (including phenoxy) is 4. The van der Waals surface area contributed by atoms with E-state index in [1.807, 2.05) is 18.2 Å². The molecule has 0 fully saturated rings. The molecule has 0 amide bonds. The van der Waals surface area contributed by atoms with Crippen LogP contribution < -0.4 is 9.47 Å². The van der Waals surface area contributed by atoms with Gasteiger partial charge < -0.3 is 28.0 Å². The first-order chi connectivity index (χ1) is 12.8. The van der Waals surface area contributed by atoms with E-state index < -0.39 is 10.1 Å². The minimum absolute atomic E-state index is 0.269. The molecule has 1 aromatic carbocycles. The Morgan fingerprint density at radius 1 is 0.963 bits per heavy atom. The molecule has 0 unspecified atom stereocenters. The number of nitrogens with zero attached hydrogens (tertiary/aromatic N) is 1. The average molecular weight is 406 g/mol. The van der Waals surface area contributed by atoms with Gasteiger partial charge in [-0.1, -0.05) is 6.07 Å². The summed E-state index contributed by atoms with van der Waals surface area (Å²) in [5, 5.41) is 0. The fourth-order valence-electron chi connectivity index (χ4n) is 3.16. The van der Waals surface area contributed by atoms with Crippen LogP contribution in [0.3, 0.4) is 0 Å². The van der Waals surface area contributed by atoms with Crippen LogP contribution in [0.4, 0.5) is 0 Å². The van der Waals surface area contributed by atoms with Crippen molar-refractivity contribution in [1.82, 2.24) is 0 Å². The van der Waals surface area contributed by atoms with Crippen LogP contribution in [0.15, 0.2) is 18.2 Å². The van der Waals surface area contributed by atoms with Gasteiger partial charge in [0.05, 0.1) is 49.7 Å². The van der Waals surface area contributed by atoms with Crippen molar-refractivity contribution in [3.63, 3.8) is 0 Å².